The summed E-state index contributed by atoms with van der Waals surface area (Å²) in [6.07, 6.45) is 15.1. The molecule has 0 bridgehead atoms. The van der Waals surface area contributed by atoms with Crippen molar-refractivity contribution in [2.45, 2.75) is 65.5 Å². The summed E-state index contributed by atoms with van der Waals surface area (Å²) in [5, 5.41) is 10.3. The first-order chi connectivity index (χ1) is 7.92. The summed E-state index contributed by atoms with van der Waals surface area (Å²) >= 11 is -3.67. The molecule has 0 unspecified atom stereocenters. The average Bonchev–Trinajstić information content (AvgIpc) is 2.69. The summed E-state index contributed by atoms with van der Waals surface area (Å²) in [7, 11) is 2.30. The van der Waals surface area contributed by atoms with E-state index in [1.807, 2.05) is 0 Å². The molecule has 1 saturated carbocycles. The molecule has 1 N–H and O–H groups in total. The molecule has 0 amide bonds. The molecule has 2 aliphatic rings. The molecule has 1 nitrogen and oxygen atoms in total. The van der Waals surface area contributed by atoms with E-state index in [0.717, 1.165) is 12.5 Å². The summed E-state index contributed by atoms with van der Waals surface area (Å²) in [5.74, 6) is 0. The SMILES string of the molecule is [CH3][Ti]([CH3])([CH3])([CH3])(=[SiH2])([NH]C1CCCCC1)[C]1=CC=CC1. The van der Waals surface area contributed by atoms with Crippen LogP contribution >= 0.6 is 0 Å². The molecule has 2 aliphatic carbocycles. The van der Waals surface area contributed by atoms with Crippen molar-refractivity contribution in [3.05, 3.63) is 22.1 Å². The maximum atomic E-state index is 4.25. The average molecular weight is 301 g/mol. The Morgan fingerprint density at radius 2 is 1.72 bits per heavy atom. The first kappa shape index (κ1) is 14.8. The summed E-state index contributed by atoms with van der Waals surface area (Å²) in [4.78, 5) is 0. The van der Waals surface area contributed by atoms with Crippen LogP contribution in [0, 0.1) is 0 Å². The normalized spacial score (nSPS) is 28.0. The molecule has 0 radical (unpaired) electrons. The van der Waals surface area contributed by atoms with Gasteiger partial charge < -0.3 is 0 Å². The zero-order valence-corrected chi connectivity index (χ0v) is 15.7. The van der Waals surface area contributed by atoms with Crippen LogP contribution in [0.5, 0.6) is 0 Å². The van der Waals surface area contributed by atoms with Crippen molar-refractivity contribution in [2.75, 3.05) is 0 Å². The van der Waals surface area contributed by atoms with E-state index in [9.17, 15) is 0 Å². The standard InChI is InChI=1S/C6H12N.C5H5.4CH3.H2Si.Ti/c7-6-4-2-1-3-5-6;1-2-4-5-3-1;;;;;;/h6-7H,1-5H2;1-3H,4H2;4*1H3;1H2;/q-1;;;;;;;+1. The van der Waals surface area contributed by atoms with Gasteiger partial charge in [0, 0.05) is 0 Å². The molecule has 104 valence electrons. The fourth-order valence-electron chi connectivity index (χ4n) is 3.82. The van der Waals surface area contributed by atoms with Crippen LogP contribution in [0.2, 0.25) is 20.9 Å². The molecule has 1 fully saturated rings. The Balaban J connectivity index is 2.37. The van der Waals surface area contributed by atoms with E-state index in [1.54, 1.807) is 3.88 Å². The Bertz CT molecular complexity index is 520. The minimum atomic E-state index is -3.67. The summed E-state index contributed by atoms with van der Waals surface area (Å²) in [6.45, 7) is 0. The Kier molecular flexibility index (Phi) is 2.74. The van der Waals surface area contributed by atoms with E-state index in [2.05, 4.69) is 50.6 Å². The van der Waals surface area contributed by atoms with Gasteiger partial charge in [-0.05, 0) is 0 Å². The molecular formula is C15H31NSiTi. The monoisotopic (exact) mass is 301 g/mol. The summed E-state index contributed by atoms with van der Waals surface area (Å²) in [5.41, 5.74) is 0. The van der Waals surface area contributed by atoms with Crippen molar-refractivity contribution in [2.24, 2.45) is 0 Å². The quantitative estimate of drug-likeness (QED) is 0.772. The van der Waals surface area contributed by atoms with E-state index >= 15 is 0 Å². The van der Waals surface area contributed by atoms with Crippen LogP contribution in [-0.4, -0.2) is 13.7 Å². The van der Waals surface area contributed by atoms with Gasteiger partial charge in [-0.15, -0.1) is 0 Å². The molecule has 0 atom stereocenters. The number of hydrogen-bond acceptors (Lipinski definition) is 1. The van der Waals surface area contributed by atoms with Gasteiger partial charge in [0.2, 0.25) is 0 Å². The van der Waals surface area contributed by atoms with Crippen molar-refractivity contribution in [1.29, 1.82) is 0 Å². The fourth-order valence-corrected chi connectivity index (χ4v) is 13.5. The van der Waals surface area contributed by atoms with Gasteiger partial charge in [-0.2, -0.15) is 0 Å². The van der Waals surface area contributed by atoms with Crippen LogP contribution in [-0.2, 0) is 11.7 Å². The van der Waals surface area contributed by atoms with E-state index < -0.39 is 11.7 Å². The van der Waals surface area contributed by atoms with Crippen molar-refractivity contribution in [3.63, 3.8) is 0 Å². The second-order valence-corrected chi connectivity index (χ2v) is 48.3. The zero-order chi connectivity index (χ0) is 13.6. The molecule has 0 saturated heterocycles. The third kappa shape index (κ3) is 3.09. The summed E-state index contributed by atoms with van der Waals surface area (Å²) in [6, 6.07) is 0.735. The van der Waals surface area contributed by atoms with Gasteiger partial charge in [0.1, 0.15) is 0 Å². The first-order valence-corrected chi connectivity index (χ1v) is 19.5. The van der Waals surface area contributed by atoms with Crippen LogP contribution in [0.1, 0.15) is 38.5 Å². The first-order valence-electron chi connectivity index (χ1n) is 7.68. The van der Waals surface area contributed by atoms with Crippen molar-refractivity contribution in [1.82, 2.24) is 3.80 Å². The molecule has 18 heavy (non-hydrogen) atoms. The minimum absolute atomic E-state index is 0.735. The van der Waals surface area contributed by atoms with Gasteiger partial charge in [0.05, 0.1) is 0 Å². The van der Waals surface area contributed by atoms with E-state index in [1.165, 1.54) is 32.1 Å². The number of rotatable bonds is 3. The van der Waals surface area contributed by atoms with Gasteiger partial charge in [-0.3, -0.25) is 0 Å². The van der Waals surface area contributed by atoms with E-state index in [0.29, 0.717) is 0 Å². The second kappa shape index (κ2) is 3.33. The Labute approximate surface area is 110 Å². The van der Waals surface area contributed by atoms with Crippen molar-refractivity contribution in [3.8, 4) is 0 Å². The second-order valence-electron chi connectivity index (χ2n) is 10.7. The Hall–Kier alpha value is 0.371. The van der Waals surface area contributed by atoms with Gasteiger partial charge in [-0.25, -0.2) is 0 Å². The maximum absolute atomic E-state index is 4.25. The molecule has 0 aromatic rings. The Morgan fingerprint density at radius 3 is 2.22 bits per heavy atom. The van der Waals surface area contributed by atoms with Gasteiger partial charge in [0.25, 0.3) is 0 Å². The van der Waals surface area contributed by atoms with Crippen LogP contribution < -0.4 is 3.80 Å². The predicted molar refractivity (Wildman–Crippen MR) is 83.8 cm³/mol. The number of nitrogens with one attached hydrogen (secondary N) is 1. The van der Waals surface area contributed by atoms with Gasteiger partial charge in [-0.1, -0.05) is 0 Å². The number of allylic oxidation sites excluding steroid dienone is 4. The molecule has 0 aliphatic heterocycles. The summed E-state index contributed by atoms with van der Waals surface area (Å²) < 4.78 is 5.93. The molecule has 3 heteroatoms. The fraction of sp³-hybridized carbons (Fsp3) is 0.733. The molecule has 2 rings (SSSR count). The third-order valence-corrected chi connectivity index (χ3v) is 16.5. The molecular weight excluding hydrogens is 270 g/mol. The van der Waals surface area contributed by atoms with Gasteiger partial charge >= 0.3 is 111 Å². The molecule has 0 spiro atoms. The van der Waals surface area contributed by atoms with Crippen molar-refractivity contribution < 1.29 is 11.7 Å². The van der Waals surface area contributed by atoms with Crippen LogP contribution in [0.4, 0.5) is 0 Å². The topological polar surface area (TPSA) is 12.0 Å². The zero-order valence-electron chi connectivity index (χ0n) is 12.8. The predicted octanol–water partition coefficient (Wildman–Crippen LogP) is 4.17. The third-order valence-electron chi connectivity index (χ3n) is 5.00. The van der Waals surface area contributed by atoms with Crippen LogP contribution in [0.3, 0.4) is 0 Å². The Morgan fingerprint density at radius 1 is 1.11 bits per heavy atom. The van der Waals surface area contributed by atoms with Crippen LogP contribution in [0.25, 0.3) is 0 Å². The van der Waals surface area contributed by atoms with Crippen molar-refractivity contribution >= 4 is 7.63 Å². The molecule has 0 heterocycles. The number of hydrogen-bond donors (Lipinski definition) is 1. The molecule has 0 aromatic carbocycles. The molecule has 0 aromatic heterocycles. The van der Waals surface area contributed by atoms with E-state index in [4.69, 9.17) is 0 Å². The van der Waals surface area contributed by atoms with Gasteiger partial charge in [0.15, 0.2) is 0 Å². The van der Waals surface area contributed by atoms with E-state index in [-0.39, 0.29) is 0 Å². The van der Waals surface area contributed by atoms with Crippen LogP contribution in [0.15, 0.2) is 22.1 Å².